The van der Waals surface area contributed by atoms with E-state index in [1.165, 1.54) is 5.56 Å². The monoisotopic (exact) mass is 272 g/mol. The Hall–Kier alpha value is -1.94. The number of hydrogen-bond donors (Lipinski definition) is 1. The molecule has 1 aromatic carbocycles. The highest BCUT2D eigenvalue weighted by atomic mass is 32.1. The molecule has 2 rings (SSSR count). The van der Waals surface area contributed by atoms with Crippen LogP contribution in [0.15, 0.2) is 36.5 Å². The van der Waals surface area contributed by atoms with Crippen LogP contribution in [0.1, 0.15) is 23.6 Å². The summed E-state index contributed by atoms with van der Waals surface area (Å²) in [6, 6.07) is 9.78. The van der Waals surface area contributed by atoms with E-state index in [2.05, 4.69) is 18.0 Å². The lowest BCUT2D eigenvalue weighted by atomic mass is 10.1. The lowest BCUT2D eigenvalue weighted by Crippen LogP contribution is -2.13. The van der Waals surface area contributed by atoms with Gasteiger partial charge in [-0.1, -0.05) is 31.3 Å². The fraction of sp³-hybridized carbons (Fsp3) is 0.200. The molecule has 0 saturated carbocycles. The number of aromatic nitrogens is 1. The van der Waals surface area contributed by atoms with Crippen LogP contribution in [0, 0.1) is 6.92 Å². The van der Waals surface area contributed by atoms with Gasteiger partial charge in [0.1, 0.15) is 10.7 Å². The maximum absolute atomic E-state index is 5.82. The van der Waals surface area contributed by atoms with Crippen molar-refractivity contribution in [1.82, 2.24) is 4.98 Å². The highest BCUT2D eigenvalue weighted by molar-refractivity contribution is 7.80. The summed E-state index contributed by atoms with van der Waals surface area (Å²) >= 11 is 5.06. The molecule has 0 bridgehead atoms. The minimum atomic E-state index is 0.298. The Morgan fingerprint density at radius 1 is 1.37 bits per heavy atom. The molecule has 0 aliphatic heterocycles. The van der Waals surface area contributed by atoms with Gasteiger partial charge in [0.15, 0.2) is 0 Å². The number of aryl methyl sites for hydroxylation is 2. The number of nitrogens with two attached hydrogens (primary N) is 1. The first-order valence-corrected chi connectivity index (χ1v) is 6.55. The van der Waals surface area contributed by atoms with Gasteiger partial charge in [0, 0.05) is 6.20 Å². The first kappa shape index (κ1) is 13.5. The highest BCUT2D eigenvalue weighted by Crippen LogP contribution is 2.25. The maximum Gasteiger partial charge on any atom is 0.229 e. The van der Waals surface area contributed by atoms with Crippen LogP contribution < -0.4 is 10.5 Å². The Morgan fingerprint density at radius 3 is 2.84 bits per heavy atom. The first-order valence-electron chi connectivity index (χ1n) is 6.14. The van der Waals surface area contributed by atoms with E-state index in [4.69, 9.17) is 22.7 Å². The molecule has 0 radical (unpaired) electrons. The van der Waals surface area contributed by atoms with Gasteiger partial charge in [-0.05, 0) is 42.7 Å². The molecule has 98 valence electrons. The molecular weight excluding hydrogens is 256 g/mol. The SMILES string of the molecule is CCc1cccc(Oc2nccc(C)c2C(N)=S)c1. The van der Waals surface area contributed by atoms with Crippen molar-refractivity contribution in [3.8, 4) is 11.6 Å². The third-order valence-electron chi connectivity index (χ3n) is 2.89. The van der Waals surface area contributed by atoms with Crippen LogP contribution >= 0.6 is 12.2 Å². The predicted octanol–water partition coefficient (Wildman–Crippen LogP) is 3.38. The maximum atomic E-state index is 5.82. The Bertz CT molecular complexity index is 611. The van der Waals surface area contributed by atoms with Crippen LogP contribution in [0.3, 0.4) is 0 Å². The lowest BCUT2D eigenvalue weighted by molar-refractivity contribution is 0.461. The van der Waals surface area contributed by atoms with E-state index in [0.717, 1.165) is 17.7 Å². The van der Waals surface area contributed by atoms with Crippen LogP contribution in [-0.2, 0) is 6.42 Å². The molecule has 0 aliphatic carbocycles. The van der Waals surface area contributed by atoms with Crippen molar-refractivity contribution in [2.75, 3.05) is 0 Å². The van der Waals surface area contributed by atoms with E-state index in [0.29, 0.717) is 16.4 Å². The number of hydrogen-bond acceptors (Lipinski definition) is 3. The van der Waals surface area contributed by atoms with Crippen molar-refractivity contribution in [1.29, 1.82) is 0 Å². The second-order valence-electron chi connectivity index (χ2n) is 4.28. The van der Waals surface area contributed by atoms with Gasteiger partial charge in [-0.15, -0.1) is 0 Å². The van der Waals surface area contributed by atoms with Gasteiger partial charge in [-0.25, -0.2) is 4.98 Å². The molecule has 0 amide bonds. The number of benzene rings is 1. The van der Waals surface area contributed by atoms with Crippen molar-refractivity contribution >= 4 is 17.2 Å². The third-order valence-corrected chi connectivity index (χ3v) is 3.10. The molecule has 2 aromatic rings. The quantitative estimate of drug-likeness (QED) is 0.867. The van der Waals surface area contributed by atoms with Crippen LogP contribution in [0.5, 0.6) is 11.6 Å². The van der Waals surface area contributed by atoms with Gasteiger partial charge in [-0.2, -0.15) is 0 Å². The zero-order chi connectivity index (χ0) is 13.8. The van der Waals surface area contributed by atoms with Crippen LogP contribution in [0.4, 0.5) is 0 Å². The summed E-state index contributed by atoms with van der Waals surface area (Å²) in [6.45, 7) is 4.04. The Balaban J connectivity index is 2.38. The number of rotatable bonds is 4. The molecule has 0 atom stereocenters. The second-order valence-corrected chi connectivity index (χ2v) is 4.72. The van der Waals surface area contributed by atoms with Gasteiger partial charge < -0.3 is 10.5 Å². The fourth-order valence-corrected chi connectivity index (χ4v) is 2.10. The number of nitrogens with zero attached hydrogens (tertiary/aromatic N) is 1. The molecule has 0 saturated heterocycles. The normalized spacial score (nSPS) is 10.2. The molecule has 0 fully saturated rings. The highest BCUT2D eigenvalue weighted by Gasteiger charge is 2.12. The summed E-state index contributed by atoms with van der Waals surface area (Å²) in [5, 5.41) is 0. The van der Waals surface area contributed by atoms with Gasteiger partial charge in [-0.3, -0.25) is 0 Å². The number of pyridine rings is 1. The largest absolute Gasteiger partial charge is 0.438 e. The van der Waals surface area contributed by atoms with Crippen molar-refractivity contribution in [2.45, 2.75) is 20.3 Å². The van der Waals surface area contributed by atoms with Crippen LogP contribution in [-0.4, -0.2) is 9.97 Å². The third kappa shape index (κ3) is 3.09. The molecule has 0 aliphatic rings. The summed E-state index contributed by atoms with van der Waals surface area (Å²) in [5.41, 5.74) is 8.60. The molecule has 0 spiro atoms. The van der Waals surface area contributed by atoms with Gasteiger partial charge in [0.25, 0.3) is 0 Å². The predicted molar refractivity (Wildman–Crippen MR) is 80.8 cm³/mol. The van der Waals surface area contributed by atoms with E-state index < -0.39 is 0 Å². The van der Waals surface area contributed by atoms with E-state index in [-0.39, 0.29) is 0 Å². The molecule has 1 aromatic heterocycles. The summed E-state index contributed by atoms with van der Waals surface area (Å²) < 4.78 is 5.82. The van der Waals surface area contributed by atoms with E-state index in [1.807, 2.05) is 31.2 Å². The molecule has 1 heterocycles. The van der Waals surface area contributed by atoms with Crippen LogP contribution in [0.25, 0.3) is 0 Å². The molecule has 0 unspecified atom stereocenters. The van der Waals surface area contributed by atoms with Crippen molar-refractivity contribution in [2.24, 2.45) is 5.73 Å². The minimum Gasteiger partial charge on any atom is -0.438 e. The van der Waals surface area contributed by atoms with Gasteiger partial charge >= 0.3 is 0 Å². The van der Waals surface area contributed by atoms with E-state index in [9.17, 15) is 0 Å². The Kier molecular flexibility index (Phi) is 4.12. The Labute approximate surface area is 118 Å². The van der Waals surface area contributed by atoms with E-state index in [1.54, 1.807) is 6.20 Å². The molecule has 19 heavy (non-hydrogen) atoms. The summed E-state index contributed by atoms with van der Waals surface area (Å²) in [4.78, 5) is 4.52. The first-order chi connectivity index (χ1) is 9.11. The zero-order valence-corrected chi connectivity index (χ0v) is 11.8. The van der Waals surface area contributed by atoms with Gasteiger partial charge in [0.2, 0.25) is 5.88 Å². The van der Waals surface area contributed by atoms with Crippen LogP contribution in [0.2, 0.25) is 0 Å². The van der Waals surface area contributed by atoms with Crippen molar-refractivity contribution < 1.29 is 4.74 Å². The number of ether oxygens (including phenoxy) is 1. The average Bonchev–Trinajstić information content (AvgIpc) is 2.38. The van der Waals surface area contributed by atoms with Crippen molar-refractivity contribution in [3.05, 3.63) is 53.2 Å². The molecule has 3 nitrogen and oxygen atoms in total. The fourth-order valence-electron chi connectivity index (χ4n) is 1.85. The standard InChI is InChI=1S/C15H16N2OS/c1-3-11-5-4-6-12(9-11)18-15-13(14(16)19)10(2)7-8-17-15/h4-9H,3H2,1-2H3,(H2,16,19). The molecule has 4 heteroatoms. The zero-order valence-electron chi connectivity index (χ0n) is 11.0. The smallest absolute Gasteiger partial charge is 0.229 e. The lowest BCUT2D eigenvalue weighted by Gasteiger charge is -2.11. The Morgan fingerprint density at radius 2 is 2.16 bits per heavy atom. The van der Waals surface area contributed by atoms with E-state index >= 15 is 0 Å². The molecular formula is C15H16N2OS. The second kappa shape index (κ2) is 5.80. The van der Waals surface area contributed by atoms with Crippen molar-refractivity contribution in [3.63, 3.8) is 0 Å². The molecule has 2 N–H and O–H groups in total. The summed E-state index contributed by atoms with van der Waals surface area (Å²) in [5.74, 6) is 1.20. The minimum absolute atomic E-state index is 0.298. The number of thiocarbonyl (C=S) groups is 1. The average molecular weight is 272 g/mol. The summed E-state index contributed by atoms with van der Waals surface area (Å²) in [7, 11) is 0. The topological polar surface area (TPSA) is 48.1 Å². The summed E-state index contributed by atoms with van der Waals surface area (Å²) in [6.07, 6.45) is 2.65. The van der Waals surface area contributed by atoms with Gasteiger partial charge in [0.05, 0.1) is 5.56 Å².